The Labute approximate surface area is 137 Å². The van der Waals surface area contributed by atoms with Crippen LogP contribution in [0.4, 0.5) is 0 Å². The van der Waals surface area contributed by atoms with Crippen molar-refractivity contribution in [2.75, 3.05) is 26.2 Å². The van der Waals surface area contributed by atoms with Crippen molar-refractivity contribution in [1.29, 1.82) is 0 Å². The molecule has 1 aromatic carbocycles. The Morgan fingerprint density at radius 3 is 2.87 bits per heavy atom. The van der Waals surface area contributed by atoms with Crippen molar-refractivity contribution < 1.29 is 9.59 Å². The van der Waals surface area contributed by atoms with Gasteiger partial charge in [0.15, 0.2) is 0 Å². The molecule has 1 saturated heterocycles. The molecule has 1 aromatic rings. The van der Waals surface area contributed by atoms with Crippen LogP contribution in [0.25, 0.3) is 0 Å². The summed E-state index contributed by atoms with van der Waals surface area (Å²) in [6.07, 6.45) is 4.63. The van der Waals surface area contributed by atoms with Crippen LogP contribution in [0.3, 0.4) is 0 Å². The zero-order valence-electron chi connectivity index (χ0n) is 13.5. The van der Waals surface area contributed by atoms with Gasteiger partial charge in [0.2, 0.25) is 11.8 Å². The van der Waals surface area contributed by atoms with Gasteiger partial charge in [0.25, 0.3) is 0 Å². The van der Waals surface area contributed by atoms with E-state index in [2.05, 4.69) is 34.9 Å². The van der Waals surface area contributed by atoms with Gasteiger partial charge in [0.1, 0.15) is 0 Å². The monoisotopic (exact) mass is 315 g/mol. The third-order valence-corrected chi connectivity index (χ3v) is 4.91. The lowest BCUT2D eigenvalue weighted by atomic mass is 9.94. The predicted molar refractivity (Wildman–Crippen MR) is 88.9 cm³/mol. The maximum atomic E-state index is 12.2. The molecular formula is C18H25N3O2. The Bertz CT molecular complexity index is 546. The first-order valence-electron chi connectivity index (χ1n) is 8.54. The van der Waals surface area contributed by atoms with Gasteiger partial charge in [-0.3, -0.25) is 9.59 Å². The van der Waals surface area contributed by atoms with E-state index in [0.29, 0.717) is 31.6 Å². The highest BCUT2D eigenvalue weighted by Crippen LogP contribution is 2.28. The molecule has 0 spiro atoms. The number of carbonyl (C=O) groups is 2. The molecule has 2 N–H and O–H groups in total. The zero-order valence-corrected chi connectivity index (χ0v) is 13.5. The van der Waals surface area contributed by atoms with E-state index in [9.17, 15) is 9.59 Å². The molecule has 0 unspecified atom stereocenters. The van der Waals surface area contributed by atoms with Gasteiger partial charge in [0, 0.05) is 19.1 Å². The Balaban J connectivity index is 1.48. The number of nitrogens with one attached hydrogen (secondary N) is 2. The third kappa shape index (κ3) is 4.32. The fraction of sp³-hybridized carbons (Fsp3) is 0.556. The predicted octanol–water partition coefficient (Wildman–Crippen LogP) is 0.946. The van der Waals surface area contributed by atoms with E-state index in [0.717, 1.165) is 12.8 Å². The summed E-state index contributed by atoms with van der Waals surface area (Å²) in [6, 6.07) is 11.0. The maximum absolute atomic E-state index is 12.2. The van der Waals surface area contributed by atoms with Crippen LogP contribution in [0, 0.1) is 5.92 Å². The summed E-state index contributed by atoms with van der Waals surface area (Å²) < 4.78 is 0. The highest BCUT2D eigenvalue weighted by molar-refractivity contribution is 5.86. The molecule has 2 amide bonds. The van der Waals surface area contributed by atoms with Crippen molar-refractivity contribution >= 4 is 11.8 Å². The lowest BCUT2D eigenvalue weighted by Crippen LogP contribution is -2.52. The fourth-order valence-electron chi connectivity index (χ4n) is 3.65. The van der Waals surface area contributed by atoms with Crippen molar-refractivity contribution in [3.05, 3.63) is 35.9 Å². The van der Waals surface area contributed by atoms with E-state index in [1.54, 1.807) is 4.90 Å². The van der Waals surface area contributed by atoms with Crippen LogP contribution in [0.15, 0.2) is 30.3 Å². The quantitative estimate of drug-likeness (QED) is 0.850. The largest absolute Gasteiger partial charge is 0.353 e. The standard InChI is InChI=1S/C18H25N3O2/c22-17-13-21(10-9-19-17)18(23)12-20-16-8-4-7-15(16)11-14-5-2-1-3-6-14/h1-3,5-6,15-16,20H,4,7-13H2,(H,19,22)/t15-,16-/m1/s1. The lowest BCUT2D eigenvalue weighted by molar-refractivity contribution is -0.137. The molecule has 0 bridgehead atoms. The van der Waals surface area contributed by atoms with Crippen molar-refractivity contribution in [1.82, 2.24) is 15.5 Å². The number of nitrogens with zero attached hydrogens (tertiary/aromatic N) is 1. The second kappa shape index (κ2) is 7.59. The summed E-state index contributed by atoms with van der Waals surface area (Å²) >= 11 is 0. The minimum atomic E-state index is -0.0626. The Hall–Kier alpha value is -1.88. The average Bonchev–Trinajstić information content (AvgIpc) is 3.00. The molecule has 1 aliphatic carbocycles. The minimum Gasteiger partial charge on any atom is -0.353 e. The Morgan fingerprint density at radius 1 is 1.26 bits per heavy atom. The second-order valence-electron chi connectivity index (χ2n) is 6.53. The van der Waals surface area contributed by atoms with Crippen molar-refractivity contribution in [2.45, 2.75) is 31.7 Å². The molecule has 23 heavy (non-hydrogen) atoms. The summed E-state index contributed by atoms with van der Waals surface area (Å²) in [5.41, 5.74) is 1.37. The minimum absolute atomic E-state index is 0.0326. The number of rotatable bonds is 5. The van der Waals surface area contributed by atoms with Gasteiger partial charge in [-0.05, 0) is 30.7 Å². The third-order valence-electron chi connectivity index (χ3n) is 4.91. The van der Waals surface area contributed by atoms with Gasteiger partial charge in [-0.25, -0.2) is 0 Å². The highest BCUT2D eigenvalue weighted by atomic mass is 16.2. The van der Waals surface area contributed by atoms with E-state index in [-0.39, 0.29) is 18.4 Å². The number of hydrogen-bond donors (Lipinski definition) is 2. The normalized spacial score (nSPS) is 24.5. The average molecular weight is 315 g/mol. The molecule has 124 valence electrons. The van der Waals surface area contributed by atoms with Crippen LogP contribution in [0.5, 0.6) is 0 Å². The van der Waals surface area contributed by atoms with Gasteiger partial charge < -0.3 is 15.5 Å². The number of amides is 2. The second-order valence-corrected chi connectivity index (χ2v) is 6.53. The molecule has 5 nitrogen and oxygen atoms in total. The smallest absolute Gasteiger partial charge is 0.239 e. The SMILES string of the molecule is O=C1CN(C(=O)CN[C@@H]2CCC[C@@H]2Cc2ccccc2)CCN1. The highest BCUT2D eigenvalue weighted by Gasteiger charge is 2.28. The molecule has 2 aliphatic rings. The molecule has 3 rings (SSSR count). The molecule has 1 aliphatic heterocycles. The van der Waals surface area contributed by atoms with E-state index >= 15 is 0 Å². The van der Waals surface area contributed by atoms with Crippen LogP contribution in [0.2, 0.25) is 0 Å². The fourth-order valence-corrected chi connectivity index (χ4v) is 3.65. The van der Waals surface area contributed by atoms with Crippen molar-refractivity contribution in [2.24, 2.45) is 5.92 Å². The van der Waals surface area contributed by atoms with Crippen LogP contribution >= 0.6 is 0 Å². The van der Waals surface area contributed by atoms with Crippen molar-refractivity contribution in [3.8, 4) is 0 Å². The Morgan fingerprint density at radius 2 is 2.09 bits per heavy atom. The summed E-state index contributed by atoms with van der Waals surface area (Å²) in [5.74, 6) is 0.562. The number of hydrogen-bond acceptors (Lipinski definition) is 3. The number of carbonyl (C=O) groups excluding carboxylic acids is 2. The van der Waals surface area contributed by atoms with Crippen LogP contribution < -0.4 is 10.6 Å². The van der Waals surface area contributed by atoms with Gasteiger partial charge in [-0.1, -0.05) is 36.8 Å². The first-order valence-corrected chi connectivity index (χ1v) is 8.54. The molecular weight excluding hydrogens is 290 g/mol. The van der Waals surface area contributed by atoms with E-state index in [1.807, 2.05) is 6.07 Å². The van der Waals surface area contributed by atoms with E-state index in [4.69, 9.17) is 0 Å². The summed E-state index contributed by atoms with van der Waals surface area (Å²) in [7, 11) is 0. The molecule has 0 radical (unpaired) electrons. The van der Waals surface area contributed by atoms with Gasteiger partial charge in [-0.2, -0.15) is 0 Å². The van der Waals surface area contributed by atoms with Gasteiger partial charge >= 0.3 is 0 Å². The zero-order chi connectivity index (χ0) is 16.1. The van der Waals surface area contributed by atoms with Crippen LogP contribution in [-0.4, -0.2) is 48.9 Å². The van der Waals surface area contributed by atoms with Gasteiger partial charge in [0.05, 0.1) is 13.1 Å². The summed E-state index contributed by atoms with van der Waals surface area (Å²) in [4.78, 5) is 25.3. The molecule has 1 saturated carbocycles. The van der Waals surface area contributed by atoms with Crippen molar-refractivity contribution in [3.63, 3.8) is 0 Å². The number of benzene rings is 1. The molecule has 2 fully saturated rings. The van der Waals surface area contributed by atoms with Crippen LogP contribution in [0.1, 0.15) is 24.8 Å². The van der Waals surface area contributed by atoms with Gasteiger partial charge in [-0.15, -0.1) is 0 Å². The topological polar surface area (TPSA) is 61.4 Å². The Kier molecular flexibility index (Phi) is 5.28. The first kappa shape index (κ1) is 16.0. The first-order chi connectivity index (χ1) is 11.2. The molecule has 0 aromatic heterocycles. The van der Waals surface area contributed by atoms with E-state index < -0.39 is 0 Å². The molecule has 1 heterocycles. The summed E-state index contributed by atoms with van der Waals surface area (Å²) in [6.45, 7) is 1.71. The van der Waals surface area contributed by atoms with Crippen LogP contribution in [-0.2, 0) is 16.0 Å². The molecule has 5 heteroatoms. The number of piperazine rings is 1. The lowest BCUT2D eigenvalue weighted by Gasteiger charge is -2.28. The van der Waals surface area contributed by atoms with E-state index in [1.165, 1.54) is 18.4 Å². The molecule has 2 atom stereocenters. The summed E-state index contributed by atoms with van der Waals surface area (Å²) in [5, 5.41) is 6.19. The maximum Gasteiger partial charge on any atom is 0.239 e.